The van der Waals surface area contributed by atoms with Crippen LogP contribution < -0.4 is 14.8 Å². The molecule has 0 radical (unpaired) electrons. The number of benzene rings is 1. The van der Waals surface area contributed by atoms with Crippen molar-refractivity contribution < 1.29 is 14.3 Å². The smallest absolute Gasteiger partial charge is 0.254 e. The largest absolute Gasteiger partial charge is 0.493 e. The van der Waals surface area contributed by atoms with Gasteiger partial charge in [0.25, 0.3) is 5.91 Å². The molecule has 1 aromatic carbocycles. The molecule has 1 fully saturated rings. The van der Waals surface area contributed by atoms with Crippen molar-refractivity contribution in [2.24, 2.45) is 0 Å². The van der Waals surface area contributed by atoms with E-state index in [4.69, 9.17) is 9.47 Å². The van der Waals surface area contributed by atoms with E-state index in [0.29, 0.717) is 23.1 Å². The Bertz CT molecular complexity index is 537. The van der Waals surface area contributed by atoms with Gasteiger partial charge >= 0.3 is 0 Å². The minimum atomic E-state index is 0. The molecule has 1 saturated heterocycles. The van der Waals surface area contributed by atoms with Crippen LogP contribution in [0, 0.1) is 0 Å². The molecule has 23 heavy (non-hydrogen) atoms. The number of rotatable bonds is 4. The van der Waals surface area contributed by atoms with Gasteiger partial charge in [-0.25, -0.2) is 0 Å². The molecule has 5 nitrogen and oxygen atoms in total. The Morgan fingerprint density at radius 3 is 2.61 bits per heavy atom. The molecule has 1 amide bonds. The van der Waals surface area contributed by atoms with E-state index in [2.05, 4.69) is 19.2 Å². The molecule has 1 aliphatic rings. The number of nitrogens with one attached hydrogen (secondary N) is 1. The van der Waals surface area contributed by atoms with E-state index in [1.165, 1.54) is 0 Å². The third-order valence-electron chi connectivity index (χ3n) is 4.07. The molecule has 0 aromatic heterocycles. The number of hydrogen-bond acceptors (Lipinski definition) is 4. The van der Waals surface area contributed by atoms with Crippen LogP contribution in [0.25, 0.3) is 0 Å². The number of carbonyl (C=O) groups is 1. The van der Waals surface area contributed by atoms with Crippen LogP contribution in [0.1, 0.15) is 38.1 Å². The summed E-state index contributed by atoms with van der Waals surface area (Å²) in [5.41, 5.74) is 0.633. The third-order valence-corrected chi connectivity index (χ3v) is 4.07. The second kappa shape index (κ2) is 8.41. The average Bonchev–Trinajstić information content (AvgIpc) is 2.49. The van der Waals surface area contributed by atoms with Crippen LogP contribution in [0.3, 0.4) is 0 Å². The molecule has 130 valence electrons. The zero-order valence-corrected chi connectivity index (χ0v) is 15.3. The van der Waals surface area contributed by atoms with Crippen LogP contribution in [0.15, 0.2) is 18.2 Å². The van der Waals surface area contributed by atoms with Crippen molar-refractivity contribution in [3.8, 4) is 11.5 Å². The first-order valence-corrected chi connectivity index (χ1v) is 7.83. The lowest BCUT2D eigenvalue weighted by molar-refractivity contribution is 0.0602. The number of piperazine rings is 1. The highest BCUT2D eigenvalue weighted by molar-refractivity contribution is 5.95. The highest BCUT2D eigenvalue weighted by Crippen LogP contribution is 2.29. The van der Waals surface area contributed by atoms with Crippen molar-refractivity contribution in [2.75, 3.05) is 20.2 Å². The van der Waals surface area contributed by atoms with E-state index in [1.54, 1.807) is 13.2 Å². The first-order chi connectivity index (χ1) is 10.4. The SMILES string of the molecule is COc1cc(C(=O)N2CCNC(C)C2C)ccc1OC(C)C.Cl. The van der Waals surface area contributed by atoms with Gasteiger partial charge in [0.05, 0.1) is 13.2 Å². The number of halogens is 1. The summed E-state index contributed by atoms with van der Waals surface area (Å²) < 4.78 is 11.1. The minimum Gasteiger partial charge on any atom is -0.493 e. The van der Waals surface area contributed by atoms with Crippen molar-refractivity contribution in [3.63, 3.8) is 0 Å². The summed E-state index contributed by atoms with van der Waals surface area (Å²) >= 11 is 0. The lowest BCUT2D eigenvalue weighted by Crippen LogP contribution is -2.57. The Labute approximate surface area is 144 Å². The summed E-state index contributed by atoms with van der Waals surface area (Å²) in [6.07, 6.45) is 0.0597. The summed E-state index contributed by atoms with van der Waals surface area (Å²) in [7, 11) is 1.59. The number of amides is 1. The fraction of sp³-hybridized carbons (Fsp3) is 0.588. The van der Waals surface area contributed by atoms with Gasteiger partial charge in [0.15, 0.2) is 11.5 Å². The molecule has 0 saturated carbocycles. The standard InChI is InChI=1S/C17H26N2O3.ClH/c1-11(2)22-15-7-6-14(10-16(15)21-5)17(20)19-9-8-18-12(3)13(19)4;/h6-7,10-13,18H,8-9H2,1-5H3;1H. The maximum Gasteiger partial charge on any atom is 0.254 e. The Balaban J connectivity index is 0.00000264. The van der Waals surface area contributed by atoms with Gasteiger partial charge in [0.2, 0.25) is 0 Å². The quantitative estimate of drug-likeness (QED) is 0.914. The fourth-order valence-corrected chi connectivity index (χ4v) is 2.66. The van der Waals surface area contributed by atoms with Gasteiger partial charge in [0.1, 0.15) is 0 Å². The summed E-state index contributed by atoms with van der Waals surface area (Å²) in [5, 5.41) is 3.38. The van der Waals surface area contributed by atoms with Crippen LogP contribution in [0.4, 0.5) is 0 Å². The Hall–Kier alpha value is -1.46. The first-order valence-electron chi connectivity index (χ1n) is 7.83. The predicted octanol–water partition coefficient (Wildman–Crippen LogP) is 2.73. The van der Waals surface area contributed by atoms with E-state index >= 15 is 0 Å². The van der Waals surface area contributed by atoms with Crippen molar-refractivity contribution in [1.82, 2.24) is 10.2 Å². The van der Waals surface area contributed by atoms with Crippen LogP contribution >= 0.6 is 12.4 Å². The van der Waals surface area contributed by atoms with E-state index in [9.17, 15) is 4.79 Å². The molecule has 1 N–H and O–H groups in total. The summed E-state index contributed by atoms with van der Waals surface area (Å²) in [6, 6.07) is 5.84. The second-order valence-corrected chi connectivity index (χ2v) is 6.01. The Kier molecular flexibility index (Phi) is 7.16. The molecule has 6 heteroatoms. The molecule has 2 atom stereocenters. The Morgan fingerprint density at radius 2 is 2.00 bits per heavy atom. The average molecular weight is 343 g/mol. The number of carbonyl (C=O) groups excluding carboxylic acids is 1. The maximum absolute atomic E-state index is 12.8. The van der Waals surface area contributed by atoms with Crippen LogP contribution in [-0.4, -0.2) is 49.2 Å². The zero-order chi connectivity index (χ0) is 16.3. The molecule has 2 unspecified atom stereocenters. The molecule has 1 heterocycles. The van der Waals surface area contributed by atoms with Crippen LogP contribution in [0.5, 0.6) is 11.5 Å². The highest BCUT2D eigenvalue weighted by Gasteiger charge is 2.29. The van der Waals surface area contributed by atoms with E-state index in [1.807, 2.05) is 30.9 Å². The van der Waals surface area contributed by atoms with E-state index in [-0.39, 0.29) is 30.5 Å². The van der Waals surface area contributed by atoms with Gasteiger partial charge in [-0.3, -0.25) is 4.79 Å². The Morgan fingerprint density at radius 1 is 1.30 bits per heavy atom. The topological polar surface area (TPSA) is 50.8 Å². The molecule has 0 spiro atoms. The second-order valence-electron chi connectivity index (χ2n) is 6.01. The molecule has 0 aliphatic carbocycles. The molecule has 2 rings (SSSR count). The lowest BCUT2D eigenvalue weighted by Gasteiger charge is -2.38. The van der Waals surface area contributed by atoms with E-state index in [0.717, 1.165) is 13.1 Å². The first kappa shape index (κ1) is 19.6. The molecule has 1 aliphatic heterocycles. The molecule has 1 aromatic rings. The summed E-state index contributed by atoms with van der Waals surface area (Å²) in [4.78, 5) is 14.7. The maximum atomic E-state index is 12.8. The monoisotopic (exact) mass is 342 g/mol. The number of hydrogen-bond donors (Lipinski definition) is 1. The van der Waals surface area contributed by atoms with Gasteiger partial charge in [-0.1, -0.05) is 0 Å². The number of methoxy groups -OCH3 is 1. The van der Waals surface area contributed by atoms with E-state index < -0.39 is 0 Å². The number of nitrogens with zero attached hydrogens (tertiary/aromatic N) is 1. The summed E-state index contributed by atoms with van der Waals surface area (Å²) in [5.74, 6) is 1.29. The predicted molar refractivity (Wildman–Crippen MR) is 94.0 cm³/mol. The normalized spacial score (nSPS) is 20.9. The van der Waals surface area contributed by atoms with Crippen molar-refractivity contribution >= 4 is 18.3 Å². The van der Waals surface area contributed by atoms with Gasteiger partial charge in [0, 0.05) is 30.7 Å². The van der Waals surface area contributed by atoms with Gasteiger partial charge in [-0.15, -0.1) is 12.4 Å². The highest BCUT2D eigenvalue weighted by atomic mass is 35.5. The molecular weight excluding hydrogens is 316 g/mol. The van der Waals surface area contributed by atoms with Gasteiger partial charge < -0.3 is 19.7 Å². The zero-order valence-electron chi connectivity index (χ0n) is 14.5. The third kappa shape index (κ3) is 4.52. The van der Waals surface area contributed by atoms with Crippen molar-refractivity contribution in [1.29, 1.82) is 0 Å². The number of ether oxygens (including phenoxy) is 2. The van der Waals surface area contributed by atoms with Crippen LogP contribution in [-0.2, 0) is 0 Å². The fourth-order valence-electron chi connectivity index (χ4n) is 2.66. The van der Waals surface area contributed by atoms with Crippen LogP contribution in [0.2, 0.25) is 0 Å². The summed E-state index contributed by atoms with van der Waals surface area (Å²) in [6.45, 7) is 9.64. The lowest BCUT2D eigenvalue weighted by atomic mass is 10.0. The molecular formula is C17H27ClN2O3. The minimum absolute atomic E-state index is 0. The van der Waals surface area contributed by atoms with Gasteiger partial charge in [-0.05, 0) is 45.9 Å². The molecule has 0 bridgehead atoms. The van der Waals surface area contributed by atoms with Gasteiger partial charge in [-0.2, -0.15) is 0 Å². The van der Waals surface area contributed by atoms with Crippen molar-refractivity contribution in [3.05, 3.63) is 23.8 Å². The van der Waals surface area contributed by atoms with Crippen molar-refractivity contribution in [2.45, 2.75) is 45.9 Å².